The van der Waals surface area contributed by atoms with Gasteiger partial charge in [-0.25, -0.2) is 9.59 Å². The second kappa shape index (κ2) is 8.80. The van der Waals surface area contributed by atoms with Crippen LogP contribution in [-0.2, 0) is 9.53 Å². The first-order valence-corrected chi connectivity index (χ1v) is 8.16. The van der Waals surface area contributed by atoms with Crippen molar-refractivity contribution in [3.63, 3.8) is 0 Å². The van der Waals surface area contributed by atoms with Crippen molar-refractivity contribution in [2.24, 2.45) is 4.99 Å². The average molecular weight is 355 g/mol. The van der Waals surface area contributed by atoms with Crippen LogP contribution < -0.4 is 4.74 Å². The molecule has 0 spiro atoms. The fraction of sp³-hybridized carbons (Fsp3) is 0.250. The van der Waals surface area contributed by atoms with Gasteiger partial charge in [0.05, 0.1) is 17.4 Å². The smallest absolute Gasteiger partial charge is 0.344 e. The third-order valence-electron chi connectivity index (χ3n) is 3.49. The van der Waals surface area contributed by atoms with Crippen molar-refractivity contribution in [1.82, 2.24) is 0 Å². The van der Waals surface area contributed by atoms with Gasteiger partial charge in [0, 0.05) is 6.21 Å². The lowest BCUT2D eigenvalue weighted by atomic mass is 10.1. The standard InChI is InChI=1S/C20H21NO5/c1-13(2)26-19(22)12-25-16-9-7-15(8-10-16)11-21-18-6-4-5-17(14(18)3)20(23)24/h4-11,13H,12H2,1-3H3,(H,23,24). The minimum absolute atomic E-state index is 0.146. The van der Waals surface area contributed by atoms with E-state index in [1.807, 2.05) is 0 Å². The first-order valence-electron chi connectivity index (χ1n) is 8.16. The first kappa shape index (κ1) is 19.2. The van der Waals surface area contributed by atoms with Crippen molar-refractivity contribution in [2.45, 2.75) is 26.9 Å². The van der Waals surface area contributed by atoms with E-state index in [2.05, 4.69) is 4.99 Å². The van der Waals surface area contributed by atoms with Crippen molar-refractivity contribution in [2.75, 3.05) is 6.61 Å². The molecule has 0 unspecified atom stereocenters. The molecule has 0 bridgehead atoms. The van der Waals surface area contributed by atoms with E-state index >= 15 is 0 Å². The van der Waals surface area contributed by atoms with Crippen molar-refractivity contribution >= 4 is 23.8 Å². The molecule has 136 valence electrons. The quantitative estimate of drug-likeness (QED) is 0.603. The highest BCUT2D eigenvalue weighted by Gasteiger charge is 2.09. The lowest BCUT2D eigenvalue weighted by molar-refractivity contribution is -0.149. The van der Waals surface area contributed by atoms with E-state index in [9.17, 15) is 9.59 Å². The van der Waals surface area contributed by atoms with Crippen LogP contribution in [0.15, 0.2) is 47.5 Å². The Labute approximate surface area is 152 Å². The molecule has 1 N–H and O–H groups in total. The predicted molar refractivity (Wildman–Crippen MR) is 98.6 cm³/mol. The molecule has 2 aromatic carbocycles. The van der Waals surface area contributed by atoms with Crippen molar-refractivity contribution in [3.05, 3.63) is 59.2 Å². The number of ether oxygens (including phenoxy) is 2. The molecular weight excluding hydrogens is 334 g/mol. The second-order valence-electron chi connectivity index (χ2n) is 5.91. The number of carboxylic acid groups (broad SMARTS) is 1. The number of benzene rings is 2. The fourth-order valence-corrected chi connectivity index (χ4v) is 2.23. The van der Waals surface area contributed by atoms with Gasteiger partial charge in [0.15, 0.2) is 6.61 Å². The van der Waals surface area contributed by atoms with Crippen LogP contribution in [0.2, 0.25) is 0 Å². The Morgan fingerprint density at radius 2 is 1.85 bits per heavy atom. The SMILES string of the molecule is Cc1c(N=Cc2ccc(OCC(=O)OC(C)C)cc2)cccc1C(=O)O. The number of aromatic carboxylic acids is 1. The van der Waals surface area contributed by atoms with Crippen molar-refractivity contribution in [3.8, 4) is 5.75 Å². The highest BCUT2D eigenvalue weighted by molar-refractivity contribution is 5.91. The summed E-state index contributed by atoms with van der Waals surface area (Å²) in [4.78, 5) is 27.0. The maximum Gasteiger partial charge on any atom is 0.344 e. The zero-order chi connectivity index (χ0) is 19.1. The summed E-state index contributed by atoms with van der Waals surface area (Å²) in [6, 6.07) is 12.0. The Morgan fingerprint density at radius 1 is 1.15 bits per heavy atom. The van der Waals surface area contributed by atoms with Gasteiger partial charge < -0.3 is 14.6 Å². The van der Waals surface area contributed by atoms with Crippen LogP contribution in [-0.4, -0.2) is 36.0 Å². The Morgan fingerprint density at radius 3 is 2.46 bits per heavy atom. The number of rotatable bonds is 7. The number of nitrogens with zero attached hydrogens (tertiary/aromatic N) is 1. The maximum atomic E-state index is 11.5. The Balaban J connectivity index is 2.01. The predicted octanol–water partition coefficient (Wildman–Crippen LogP) is 3.77. The minimum atomic E-state index is -0.975. The summed E-state index contributed by atoms with van der Waals surface area (Å²) in [5, 5.41) is 9.14. The van der Waals surface area contributed by atoms with Gasteiger partial charge in [0.25, 0.3) is 0 Å². The number of carboxylic acids is 1. The van der Waals surface area contributed by atoms with Crippen LogP contribution in [0.4, 0.5) is 5.69 Å². The molecule has 2 aromatic rings. The Bertz CT molecular complexity index is 809. The van der Waals surface area contributed by atoms with Gasteiger partial charge in [-0.2, -0.15) is 0 Å². The van der Waals surface area contributed by atoms with Crippen molar-refractivity contribution < 1.29 is 24.2 Å². The Hall–Kier alpha value is -3.15. The molecule has 0 aliphatic carbocycles. The molecule has 0 saturated heterocycles. The van der Waals surface area contributed by atoms with Crippen LogP contribution >= 0.6 is 0 Å². The first-order chi connectivity index (χ1) is 12.4. The molecule has 0 saturated carbocycles. The molecular formula is C20H21NO5. The van der Waals surface area contributed by atoms with E-state index in [0.717, 1.165) is 5.56 Å². The minimum Gasteiger partial charge on any atom is -0.482 e. The number of carbonyl (C=O) groups is 2. The number of carbonyl (C=O) groups excluding carboxylic acids is 1. The van der Waals surface area contributed by atoms with E-state index in [-0.39, 0.29) is 18.3 Å². The third kappa shape index (κ3) is 5.44. The van der Waals surface area contributed by atoms with Crippen LogP contribution in [0.1, 0.15) is 35.3 Å². The molecule has 2 rings (SSSR count). The zero-order valence-corrected chi connectivity index (χ0v) is 14.9. The largest absolute Gasteiger partial charge is 0.482 e. The third-order valence-corrected chi connectivity index (χ3v) is 3.49. The van der Waals surface area contributed by atoms with E-state index in [0.29, 0.717) is 17.0 Å². The second-order valence-corrected chi connectivity index (χ2v) is 5.91. The van der Waals surface area contributed by atoms with E-state index < -0.39 is 11.9 Å². The topological polar surface area (TPSA) is 85.2 Å². The molecule has 0 aliphatic rings. The average Bonchev–Trinajstić information content (AvgIpc) is 2.59. The van der Waals surface area contributed by atoms with E-state index in [1.54, 1.807) is 69.5 Å². The molecule has 6 nitrogen and oxygen atoms in total. The molecule has 0 radical (unpaired) electrons. The summed E-state index contributed by atoms with van der Waals surface area (Å²) >= 11 is 0. The molecule has 0 aliphatic heterocycles. The van der Waals surface area contributed by atoms with Gasteiger partial charge in [-0.3, -0.25) is 4.99 Å². The summed E-state index contributed by atoms with van der Waals surface area (Å²) in [5.41, 5.74) is 2.26. The number of hydrogen-bond donors (Lipinski definition) is 1. The highest BCUT2D eigenvalue weighted by Crippen LogP contribution is 2.22. The van der Waals surface area contributed by atoms with E-state index in [1.165, 1.54) is 0 Å². The monoisotopic (exact) mass is 355 g/mol. The van der Waals surface area contributed by atoms with Gasteiger partial charge in [0.1, 0.15) is 5.75 Å². The molecule has 0 fully saturated rings. The van der Waals surface area contributed by atoms with Crippen LogP contribution in [0.5, 0.6) is 5.75 Å². The van der Waals surface area contributed by atoms with Gasteiger partial charge >= 0.3 is 11.9 Å². The normalized spacial score (nSPS) is 10.9. The summed E-state index contributed by atoms with van der Waals surface area (Å²) in [6.07, 6.45) is 1.47. The summed E-state index contributed by atoms with van der Waals surface area (Å²) in [7, 11) is 0. The van der Waals surface area contributed by atoms with Gasteiger partial charge in [0.2, 0.25) is 0 Å². The molecule has 6 heteroatoms. The van der Waals surface area contributed by atoms with Gasteiger partial charge in [-0.05, 0) is 68.3 Å². The van der Waals surface area contributed by atoms with Gasteiger partial charge in [-0.1, -0.05) is 6.07 Å². The zero-order valence-electron chi connectivity index (χ0n) is 14.9. The molecule has 0 aromatic heterocycles. The lowest BCUT2D eigenvalue weighted by Crippen LogP contribution is -2.18. The van der Waals surface area contributed by atoms with Gasteiger partial charge in [-0.15, -0.1) is 0 Å². The van der Waals surface area contributed by atoms with E-state index in [4.69, 9.17) is 14.6 Å². The summed E-state index contributed by atoms with van der Waals surface area (Å²) in [6.45, 7) is 5.13. The highest BCUT2D eigenvalue weighted by atomic mass is 16.6. The number of hydrogen-bond acceptors (Lipinski definition) is 5. The summed E-state index contributed by atoms with van der Waals surface area (Å²) in [5.74, 6) is -0.844. The number of esters is 1. The molecule has 0 heterocycles. The lowest BCUT2D eigenvalue weighted by Gasteiger charge is -2.09. The molecule has 0 amide bonds. The summed E-state index contributed by atoms with van der Waals surface area (Å²) < 4.78 is 10.4. The van der Waals surface area contributed by atoms with Crippen LogP contribution in [0.25, 0.3) is 0 Å². The number of aliphatic imine (C=N–C) groups is 1. The Kier molecular flexibility index (Phi) is 6.49. The van der Waals surface area contributed by atoms with Crippen LogP contribution in [0.3, 0.4) is 0 Å². The fourth-order valence-electron chi connectivity index (χ4n) is 2.23. The molecule has 26 heavy (non-hydrogen) atoms. The molecule has 0 atom stereocenters. The van der Waals surface area contributed by atoms with Crippen LogP contribution in [0, 0.1) is 6.92 Å². The van der Waals surface area contributed by atoms with Crippen molar-refractivity contribution in [1.29, 1.82) is 0 Å². The maximum absolute atomic E-state index is 11.5.